The van der Waals surface area contributed by atoms with Crippen molar-refractivity contribution in [3.8, 4) is 23.0 Å². The van der Waals surface area contributed by atoms with Gasteiger partial charge in [0.2, 0.25) is 0 Å². The smallest absolute Gasteiger partial charge is 0.323 e. The predicted octanol–water partition coefficient (Wildman–Crippen LogP) is 8.77. The summed E-state index contributed by atoms with van der Waals surface area (Å²) >= 11 is 0. The van der Waals surface area contributed by atoms with Gasteiger partial charge in [-0.25, -0.2) is 0 Å². The minimum Gasteiger partial charge on any atom is -0.497 e. The van der Waals surface area contributed by atoms with E-state index < -0.39 is 36.2 Å². The molecule has 8 rings (SSSR count). The van der Waals surface area contributed by atoms with Crippen molar-refractivity contribution >= 4 is 33.7 Å². The van der Waals surface area contributed by atoms with Crippen molar-refractivity contribution in [3.05, 3.63) is 191 Å². The Morgan fingerprint density at radius 1 is 0.487 bits per heavy atom. The first-order valence-corrected chi connectivity index (χ1v) is 25.8. The zero-order chi connectivity index (χ0) is 53.8. The molecule has 0 saturated carbocycles. The van der Waals surface area contributed by atoms with Gasteiger partial charge in [0, 0.05) is 48.4 Å². The van der Waals surface area contributed by atoms with Crippen LogP contribution in [-0.4, -0.2) is 125 Å². The van der Waals surface area contributed by atoms with Crippen molar-refractivity contribution in [1.29, 1.82) is 0 Å². The summed E-state index contributed by atoms with van der Waals surface area (Å²) in [5.74, 6) is 2.41. The average Bonchev–Trinajstić information content (AvgIpc) is 4.04. The summed E-state index contributed by atoms with van der Waals surface area (Å²) in [5, 5.41) is 2.18. The summed E-state index contributed by atoms with van der Waals surface area (Å²) in [7, 11) is 11.1. The number of methoxy groups -OCH3 is 2. The lowest BCUT2D eigenvalue weighted by Crippen LogP contribution is -2.41. The van der Waals surface area contributed by atoms with Gasteiger partial charge in [0.05, 0.1) is 14.2 Å². The summed E-state index contributed by atoms with van der Waals surface area (Å²) in [4.78, 5) is 36.4. The number of likely N-dealkylation sites (N-methyl/N-ethyl adjacent to an activating group) is 2. The molecule has 14 heteroatoms. The first-order chi connectivity index (χ1) is 36.8. The first kappa shape index (κ1) is 56.1. The van der Waals surface area contributed by atoms with Gasteiger partial charge in [0.15, 0.2) is 0 Å². The van der Waals surface area contributed by atoms with Crippen LogP contribution in [0.15, 0.2) is 158 Å². The molecule has 0 saturated heterocycles. The van der Waals surface area contributed by atoms with Crippen LogP contribution in [0.4, 0.5) is 0 Å². The molecule has 14 nitrogen and oxygen atoms in total. The van der Waals surface area contributed by atoms with Crippen LogP contribution in [-0.2, 0) is 57.6 Å². The summed E-state index contributed by atoms with van der Waals surface area (Å²) in [6.07, 6.45) is 3.24. The van der Waals surface area contributed by atoms with Gasteiger partial charge in [-0.05, 0) is 148 Å². The Morgan fingerprint density at radius 3 is 1.22 bits per heavy atom. The average molecular weight is 1030 g/mol. The van der Waals surface area contributed by atoms with E-state index >= 15 is 0 Å². The van der Waals surface area contributed by atoms with Crippen LogP contribution in [0.3, 0.4) is 0 Å². The number of benzene rings is 6. The Labute approximate surface area is 447 Å². The number of H-pyrrole nitrogens is 2. The van der Waals surface area contributed by atoms with E-state index in [9.17, 15) is 9.59 Å². The molecule has 6 N–H and O–H groups in total. The second kappa shape index (κ2) is 28.3. The molecule has 0 aliphatic carbocycles. The van der Waals surface area contributed by atoms with Crippen molar-refractivity contribution in [3.63, 3.8) is 0 Å². The number of carbonyl (C=O) groups is 2. The summed E-state index contributed by atoms with van der Waals surface area (Å²) in [6.45, 7) is 1.53. The molecular weight excluding hydrogens is 957 g/mol. The van der Waals surface area contributed by atoms with Crippen LogP contribution in [0.2, 0.25) is 0 Å². The van der Waals surface area contributed by atoms with Crippen molar-refractivity contribution in [2.24, 2.45) is 11.5 Å². The number of hydrogen-bond acceptors (Lipinski definition) is 12. The minimum absolute atomic E-state index is 0.239. The van der Waals surface area contributed by atoms with Crippen LogP contribution in [0, 0.1) is 0 Å². The summed E-state index contributed by atoms with van der Waals surface area (Å²) < 4.78 is 34.5. The van der Waals surface area contributed by atoms with Crippen molar-refractivity contribution < 1.29 is 38.0 Å². The lowest BCUT2D eigenvalue weighted by atomic mass is 10.0. The highest BCUT2D eigenvalue weighted by molar-refractivity contribution is 5.82. The molecule has 0 bridgehead atoms. The highest BCUT2D eigenvalue weighted by atomic mass is 16.6. The van der Waals surface area contributed by atoms with Gasteiger partial charge in [0.25, 0.3) is 0 Å². The van der Waals surface area contributed by atoms with E-state index in [-0.39, 0.29) is 13.2 Å². The van der Waals surface area contributed by atoms with Gasteiger partial charge in [-0.2, -0.15) is 0 Å². The monoisotopic (exact) mass is 1030 g/mol. The fraction of sp³-hybridized carbons (Fsp3) is 0.323. The van der Waals surface area contributed by atoms with E-state index in [1.165, 1.54) is 11.1 Å². The zero-order valence-electron chi connectivity index (χ0n) is 44.7. The highest BCUT2D eigenvalue weighted by Gasteiger charge is 2.25. The second-order valence-electron chi connectivity index (χ2n) is 19.6. The molecule has 76 heavy (non-hydrogen) atoms. The lowest BCUT2D eigenvalue weighted by Gasteiger charge is -2.24. The van der Waals surface area contributed by atoms with Gasteiger partial charge in [-0.1, -0.05) is 97.1 Å². The van der Waals surface area contributed by atoms with Gasteiger partial charge >= 0.3 is 11.9 Å². The standard InChI is InChI=1S/2C31H37N3O4/c2*1-34(2)20-27(38-31(35)28(32)19-25-18-24-9-4-6-10-29(24)33-25)21-37-30-11-7-5-8-23(30)15-12-22-13-16-26(36-3)17-14-22/h2*4-11,13-14,16-18,27-28,33H,12,15,19-21,32H2,1-3H3/t27-,28+;27-,28-/m01/s1. The van der Waals surface area contributed by atoms with Gasteiger partial charge in [-0.3, -0.25) is 9.59 Å². The van der Waals surface area contributed by atoms with Crippen LogP contribution < -0.4 is 30.4 Å². The van der Waals surface area contributed by atoms with Crippen LogP contribution >= 0.6 is 0 Å². The largest absolute Gasteiger partial charge is 0.497 e. The molecule has 6 aromatic carbocycles. The second-order valence-corrected chi connectivity index (χ2v) is 19.6. The number of esters is 2. The maximum atomic E-state index is 12.9. The molecule has 2 heterocycles. The van der Waals surface area contributed by atoms with Gasteiger partial charge in [0.1, 0.15) is 60.5 Å². The third-order valence-corrected chi connectivity index (χ3v) is 12.8. The first-order valence-electron chi connectivity index (χ1n) is 25.8. The Bertz CT molecular complexity index is 2770. The molecule has 0 aliphatic rings. The Balaban J connectivity index is 0.000000221. The normalized spacial score (nSPS) is 12.9. The van der Waals surface area contributed by atoms with E-state index in [1.54, 1.807) is 14.2 Å². The van der Waals surface area contributed by atoms with E-state index in [0.29, 0.717) is 25.9 Å². The molecule has 0 spiro atoms. The van der Waals surface area contributed by atoms with E-state index in [2.05, 4.69) is 46.4 Å². The molecule has 8 aromatic rings. The number of para-hydroxylation sites is 4. The van der Waals surface area contributed by atoms with E-state index in [4.69, 9.17) is 39.9 Å². The number of aromatic amines is 2. The van der Waals surface area contributed by atoms with Gasteiger partial charge < -0.3 is 59.7 Å². The molecule has 2 aromatic heterocycles. The topological polar surface area (TPSA) is 180 Å². The third-order valence-electron chi connectivity index (χ3n) is 12.8. The quantitative estimate of drug-likeness (QED) is 0.0380. The number of nitrogens with zero attached hydrogens (tertiary/aromatic N) is 2. The molecule has 4 atom stereocenters. The van der Waals surface area contributed by atoms with Crippen LogP contribution in [0.5, 0.6) is 23.0 Å². The molecule has 0 fully saturated rings. The molecule has 0 aliphatic heterocycles. The molecule has 0 unspecified atom stereocenters. The fourth-order valence-electron chi connectivity index (χ4n) is 8.90. The van der Waals surface area contributed by atoms with Crippen molar-refractivity contribution in [2.75, 3.05) is 68.7 Å². The Kier molecular flexibility index (Phi) is 20.9. The summed E-state index contributed by atoms with van der Waals surface area (Å²) in [5.41, 5.74) is 21.0. The lowest BCUT2D eigenvalue weighted by molar-refractivity contribution is -0.153. The number of carbonyl (C=O) groups excluding carboxylic acids is 2. The number of ether oxygens (including phenoxy) is 6. The fourth-order valence-corrected chi connectivity index (χ4v) is 8.90. The van der Waals surface area contributed by atoms with Crippen molar-refractivity contribution in [1.82, 2.24) is 19.8 Å². The van der Waals surface area contributed by atoms with Crippen molar-refractivity contribution in [2.45, 2.75) is 62.8 Å². The van der Waals surface area contributed by atoms with E-state index in [1.807, 2.05) is 159 Å². The van der Waals surface area contributed by atoms with Crippen LogP contribution in [0.25, 0.3) is 21.8 Å². The maximum absolute atomic E-state index is 12.9. The number of aryl methyl sites for hydroxylation is 4. The SMILES string of the molecule is COc1ccc(CCc2ccccc2OC[C@@H](CN(C)C)OC(=O)[C@H](N)Cc2cc3ccccc3[nH]2)cc1.COc1ccc(CCc2ccccc2OC[C@H](CN(C)C)OC(=O)[C@H](N)Cc2cc3ccccc3[nH]2)cc1. The zero-order valence-corrected chi connectivity index (χ0v) is 44.7. The number of hydrogen-bond donors (Lipinski definition) is 4. The highest BCUT2D eigenvalue weighted by Crippen LogP contribution is 2.24. The molecular formula is C62H74N6O8. The maximum Gasteiger partial charge on any atom is 0.323 e. The van der Waals surface area contributed by atoms with E-state index in [0.717, 1.165) is 93.0 Å². The number of rotatable bonds is 26. The van der Waals surface area contributed by atoms with Gasteiger partial charge in [-0.15, -0.1) is 0 Å². The Hall–Kier alpha value is -7.62. The number of nitrogens with one attached hydrogen (secondary N) is 2. The number of aromatic nitrogens is 2. The molecule has 0 radical (unpaired) electrons. The number of fused-ring (bicyclic) bond motifs is 2. The third kappa shape index (κ3) is 17.2. The molecule has 0 amide bonds. The number of nitrogens with two attached hydrogens (primary N) is 2. The Morgan fingerprint density at radius 2 is 0.855 bits per heavy atom. The predicted molar refractivity (Wildman–Crippen MR) is 302 cm³/mol. The van der Waals surface area contributed by atoms with Crippen LogP contribution in [0.1, 0.15) is 33.6 Å². The molecule has 400 valence electrons. The minimum atomic E-state index is -0.774. The summed E-state index contributed by atoms with van der Waals surface area (Å²) in [6, 6.07) is 50.6.